The van der Waals surface area contributed by atoms with Gasteiger partial charge in [0.1, 0.15) is 0 Å². The van der Waals surface area contributed by atoms with Gasteiger partial charge in [0.05, 0.1) is 6.54 Å². The summed E-state index contributed by atoms with van der Waals surface area (Å²) in [5, 5.41) is 6.46. The van der Waals surface area contributed by atoms with Crippen LogP contribution in [-0.4, -0.2) is 55.0 Å². The first-order valence-corrected chi connectivity index (χ1v) is 9.32. The molecular formula is C20H36IN5O. The molecule has 1 heterocycles. The number of rotatable bonds is 8. The predicted molar refractivity (Wildman–Crippen MR) is 124 cm³/mol. The molecule has 0 fully saturated rings. The minimum Gasteiger partial charge on any atom is -0.354 e. The largest absolute Gasteiger partial charge is 0.354 e. The van der Waals surface area contributed by atoms with Crippen molar-refractivity contribution in [3.63, 3.8) is 0 Å². The molecule has 1 rings (SSSR count). The molecule has 0 aliphatic carbocycles. The van der Waals surface area contributed by atoms with E-state index in [0.29, 0.717) is 24.0 Å². The molecule has 1 aromatic heterocycles. The molecular weight excluding hydrogens is 453 g/mol. The van der Waals surface area contributed by atoms with E-state index in [0.717, 1.165) is 25.0 Å². The van der Waals surface area contributed by atoms with E-state index in [1.165, 1.54) is 0 Å². The second-order valence-electron chi connectivity index (χ2n) is 7.96. The summed E-state index contributed by atoms with van der Waals surface area (Å²) in [7, 11) is 3.54. The Morgan fingerprint density at radius 3 is 2.59 bits per heavy atom. The Labute approximate surface area is 181 Å². The van der Waals surface area contributed by atoms with Gasteiger partial charge in [0.25, 0.3) is 0 Å². The van der Waals surface area contributed by atoms with Crippen LogP contribution in [0.15, 0.2) is 29.4 Å². The van der Waals surface area contributed by atoms with Crippen LogP contribution >= 0.6 is 24.0 Å². The maximum Gasteiger partial charge on any atom is 0.241 e. The third-order valence-corrected chi connectivity index (χ3v) is 4.20. The Hall–Kier alpha value is -1.38. The molecule has 27 heavy (non-hydrogen) atoms. The lowest BCUT2D eigenvalue weighted by atomic mass is 9.89. The quantitative estimate of drug-likeness (QED) is 0.335. The first-order valence-electron chi connectivity index (χ1n) is 9.32. The van der Waals surface area contributed by atoms with Crippen LogP contribution in [0.25, 0.3) is 0 Å². The van der Waals surface area contributed by atoms with E-state index in [2.05, 4.69) is 48.3 Å². The molecule has 1 atom stereocenters. The van der Waals surface area contributed by atoms with Crippen LogP contribution in [0.3, 0.4) is 0 Å². The number of hydrogen-bond acceptors (Lipinski definition) is 3. The molecule has 1 aromatic rings. The van der Waals surface area contributed by atoms with Crippen LogP contribution in [-0.2, 0) is 11.2 Å². The molecule has 7 heteroatoms. The average molecular weight is 489 g/mol. The maximum absolute atomic E-state index is 12.3. The Balaban J connectivity index is 0.00000676. The van der Waals surface area contributed by atoms with Gasteiger partial charge in [-0.1, -0.05) is 26.8 Å². The summed E-state index contributed by atoms with van der Waals surface area (Å²) in [5.41, 5.74) is 1.31. The third kappa shape index (κ3) is 11.8. The summed E-state index contributed by atoms with van der Waals surface area (Å²) in [6, 6.07) is 6.13. The molecule has 0 aliphatic heterocycles. The highest BCUT2D eigenvalue weighted by Gasteiger charge is 2.14. The van der Waals surface area contributed by atoms with E-state index in [4.69, 9.17) is 0 Å². The van der Waals surface area contributed by atoms with Crippen LogP contribution in [0, 0.1) is 5.41 Å². The zero-order chi connectivity index (χ0) is 19.6. The summed E-state index contributed by atoms with van der Waals surface area (Å²) in [4.78, 5) is 22.5. The third-order valence-electron chi connectivity index (χ3n) is 4.20. The minimum absolute atomic E-state index is 0. The summed E-state index contributed by atoms with van der Waals surface area (Å²) in [6.07, 6.45) is 4.71. The number of likely N-dealkylation sites (N-methyl/N-ethyl adjacent to an activating group) is 1. The number of guanidine groups is 1. The number of aromatic nitrogens is 1. The Kier molecular flexibility index (Phi) is 12.2. The summed E-state index contributed by atoms with van der Waals surface area (Å²) in [5.74, 6) is 0.698. The molecule has 0 radical (unpaired) electrons. The van der Waals surface area contributed by atoms with Crippen molar-refractivity contribution in [3.8, 4) is 0 Å². The summed E-state index contributed by atoms with van der Waals surface area (Å²) < 4.78 is 0. The monoisotopic (exact) mass is 489 g/mol. The molecule has 0 aliphatic rings. The highest BCUT2D eigenvalue weighted by atomic mass is 127. The van der Waals surface area contributed by atoms with Gasteiger partial charge < -0.3 is 15.5 Å². The average Bonchev–Trinajstić information content (AvgIpc) is 2.61. The predicted octanol–water partition coefficient (Wildman–Crippen LogP) is 3.08. The Morgan fingerprint density at radius 2 is 2.04 bits per heavy atom. The van der Waals surface area contributed by atoms with Crippen LogP contribution < -0.4 is 10.6 Å². The number of carbonyl (C=O) groups is 1. The highest BCUT2D eigenvalue weighted by molar-refractivity contribution is 14.0. The standard InChI is InChI=1S/C20H35N5O.HI/c1-16(10-12-20(2,3)4)24-19(21-5)23-15-18(26)25(6)14-11-17-9-7-8-13-22-17;/h7-9,13,16H,10-12,14-15H2,1-6H3,(H2,21,23,24);1H. The van der Waals surface area contributed by atoms with E-state index in [-0.39, 0.29) is 36.4 Å². The lowest BCUT2D eigenvalue weighted by Crippen LogP contribution is -2.46. The first-order chi connectivity index (χ1) is 12.2. The van der Waals surface area contributed by atoms with Crippen LogP contribution in [0.1, 0.15) is 46.2 Å². The topological polar surface area (TPSA) is 69.6 Å². The first kappa shape index (κ1) is 25.6. The Bertz CT molecular complexity index is 571. The van der Waals surface area contributed by atoms with Gasteiger partial charge in [-0.2, -0.15) is 0 Å². The van der Waals surface area contributed by atoms with Crippen molar-refractivity contribution in [2.24, 2.45) is 10.4 Å². The molecule has 0 saturated carbocycles. The zero-order valence-electron chi connectivity index (χ0n) is 17.6. The van der Waals surface area contributed by atoms with Crippen LogP contribution in [0.4, 0.5) is 0 Å². The second kappa shape index (κ2) is 12.9. The number of nitrogens with zero attached hydrogens (tertiary/aromatic N) is 3. The van der Waals surface area contributed by atoms with Gasteiger partial charge in [-0.25, -0.2) is 0 Å². The van der Waals surface area contributed by atoms with Crippen molar-refractivity contribution >= 4 is 35.8 Å². The van der Waals surface area contributed by atoms with Gasteiger partial charge in [-0.05, 0) is 37.3 Å². The number of nitrogens with one attached hydrogen (secondary N) is 2. The fraction of sp³-hybridized carbons (Fsp3) is 0.650. The Morgan fingerprint density at radius 1 is 1.33 bits per heavy atom. The van der Waals surface area contributed by atoms with Crippen LogP contribution in [0.2, 0.25) is 0 Å². The van der Waals surface area contributed by atoms with Crippen molar-refractivity contribution in [1.29, 1.82) is 0 Å². The molecule has 1 amide bonds. The van der Waals surface area contributed by atoms with Gasteiger partial charge in [-0.3, -0.25) is 14.8 Å². The number of pyridine rings is 1. The van der Waals surface area contributed by atoms with Crippen LogP contribution in [0.5, 0.6) is 0 Å². The molecule has 0 aromatic carbocycles. The number of amides is 1. The SMILES string of the molecule is CN=C(NCC(=O)N(C)CCc1ccccn1)NC(C)CCC(C)(C)C.I. The van der Waals surface area contributed by atoms with E-state index in [9.17, 15) is 4.79 Å². The highest BCUT2D eigenvalue weighted by Crippen LogP contribution is 2.21. The van der Waals surface area contributed by atoms with E-state index in [1.54, 1.807) is 18.1 Å². The fourth-order valence-corrected chi connectivity index (χ4v) is 2.40. The zero-order valence-corrected chi connectivity index (χ0v) is 19.9. The molecule has 154 valence electrons. The van der Waals surface area contributed by atoms with E-state index < -0.39 is 0 Å². The molecule has 2 N–H and O–H groups in total. The number of halogens is 1. The smallest absolute Gasteiger partial charge is 0.241 e. The van der Waals surface area contributed by atoms with E-state index >= 15 is 0 Å². The van der Waals surface area contributed by atoms with Crippen molar-refractivity contribution in [2.75, 3.05) is 27.2 Å². The number of carbonyl (C=O) groups excluding carboxylic acids is 1. The van der Waals surface area contributed by atoms with Gasteiger partial charge in [0.15, 0.2) is 5.96 Å². The normalized spacial score (nSPS) is 12.7. The van der Waals surface area contributed by atoms with Crippen molar-refractivity contribution < 1.29 is 4.79 Å². The summed E-state index contributed by atoms with van der Waals surface area (Å²) >= 11 is 0. The maximum atomic E-state index is 12.3. The van der Waals surface area contributed by atoms with Gasteiger partial charge in [0.2, 0.25) is 5.91 Å². The minimum atomic E-state index is 0. The molecule has 0 bridgehead atoms. The molecule has 0 saturated heterocycles. The number of aliphatic imine (C=N–C) groups is 1. The summed E-state index contributed by atoms with van der Waals surface area (Å²) in [6.45, 7) is 9.74. The van der Waals surface area contributed by atoms with Crippen molar-refractivity contribution in [1.82, 2.24) is 20.5 Å². The van der Waals surface area contributed by atoms with Crippen molar-refractivity contribution in [3.05, 3.63) is 30.1 Å². The number of hydrogen-bond donors (Lipinski definition) is 2. The fourth-order valence-electron chi connectivity index (χ4n) is 2.40. The molecule has 1 unspecified atom stereocenters. The van der Waals surface area contributed by atoms with Crippen molar-refractivity contribution in [2.45, 2.75) is 53.0 Å². The van der Waals surface area contributed by atoms with Gasteiger partial charge >= 0.3 is 0 Å². The molecule has 0 spiro atoms. The second-order valence-corrected chi connectivity index (χ2v) is 7.96. The van der Waals surface area contributed by atoms with Gasteiger partial charge in [-0.15, -0.1) is 24.0 Å². The lowest BCUT2D eigenvalue weighted by molar-refractivity contribution is -0.128. The van der Waals surface area contributed by atoms with Gasteiger partial charge in [0, 0.05) is 45.0 Å². The van der Waals surface area contributed by atoms with E-state index in [1.807, 2.05) is 25.2 Å². The molecule has 6 nitrogen and oxygen atoms in total. The lowest BCUT2D eigenvalue weighted by Gasteiger charge is -2.23.